The largest absolute Gasteiger partial charge is 0.491 e. The monoisotopic (exact) mass is 247 g/mol. The van der Waals surface area contributed by atoms with Gasteiger partial charge < -0.3 is 10.5 Å². The van der Waals surface area contributed by atoms with Crippen LogP contribution in [0.2, 0.25) is 0 Å². The van der Waals surface area contributed by atoms with Crippen LogP contribution in [-0.4, -0.2) is 12.0 Å². The molecule has 18 heavy (non-hydrogen) atoms. The van der Waals surface area contributed by atoms with E-state index in [2.05, 4.69) is 13.8 Å². The molecule has 2 N–H and O–H groups in total. The molecular weight excluding hydrogens is 226 g/mol. The van der Waals surface area contributed by atoms with Gasteiger partial charge in [0.1, 0.15) is 5.75 Å². The average Bonchev–Trinajstić information content (AvgIpc) is 2.81. The van der Waals surface area contributed by atoms with Crippen molar-refractivity contribution < 1.29 is 9.53 Å². The minimum Gasteiger partial charge on any atom is -0.491 e. The number of carbonyl (C=O) groups excluding carboxylic acids is 1. The van der Waals surface area contributed by atoms with Crippen molar-refractivity contribution in [3.8, 4) is 5.75 Å². The third-order valence-electron chi connectivity index (χ3n) is 3.75. The number of hydrogen-bond acceptors (Lipinski definition) is 2. The number of primary amides is 1. The van der Waals surface area contributed by atoms with Gasteiger partial charge in [0.2, 0.25) is 5.91 Å². The van der Waals surface area contributed by atoms with E-state index in [-0.39, 0.29) is 29.3 Å². The number of carbonyl (C=O) groups is 1. The summed E-state index contributed by atoms with van der Waals surface area (Å²) >= 11 is 0. The fourth-order valence-electron chi connectivity index (χ4n) is 2.85. The molecule has 2 rings (SSSR count). The first-order valence-electron chi connectivity index (χ1n) is 6.40. The lowest BCUT2D eigenvalue weighted by molar-refractivity contribution is -0.119. The predicted octanol–water partition coefficient (Wildman–Crippen LogP) is 2.70. The van der Waals surface area contributed by atoms with Crippen molar-refractivity contribution in [2.45, 2.75) is 39.7 Å². The number of ether oxygens (including phenoxy) is 1. The lowest BCUT2D eigenvalue weighted by Gasteiger charge is -2.14. The van der Waals surface area contributed by atoms with Crippen molar-refractivity contribution in [3.05, 3.63) is 29.8 Å². The second-order valence-corrected chi connectivity index (χ2v) is 5.88. The van der Waals surface area contributed by atoms with Gasteiger partial charge in [0, 0.05) is 5.92 Å². The summed E-state index contributed by atoms with van der Waals surface area (Å²) < 4.78 is 5.82. The molecule has 2 unspecified atom stereocenters. The molecule has 0 aliphatic heterocycles. The molecule has 0 heterocycles. The maximum Gasteiger partial charge on any atom is 0.221 e. The minimum absolute atomic E-state index is 0.0672. The van der Waals surface area contributed by atoms with Crippen molar-refractivity contribution in [1.82, 2.24) is 0 Å². The van der Waals surface area contributed by atoms with Gasteiger partial charge in [0.25, 0.3) is 0 Å². The van der Waals surface area contributed by atoms with Crippen molar-refractivity contribution in [2.75, 3.05) is 0 Å². The summed E-state index contributed by atoms with van der Waals surface area (Å²) in [6, 6.07) is 7.93. The minimum atomic E-state index is -0.218. The number of hydrogen-bond donors (Lipinski definition) is 1. The van der Waals surface area contributed by atoms with Crippen LogP contribution in [0.25, 0.3) is 0 Å². The zero-order chi connectivity index (χ0) is 13.5. The van der Waals surface area contributed by atoms with Crippen molar-refractivity contribution in [2.24, 2.45) is 17.1 Å². The van der Waals surface area contributed by atoms with E-state index in [1.54, 1.807) is 0 Å². The molecule has 1 fully saturated rings. The molecule has 98 valence electrons. The number of benzene rings is 1. The van der Waals surface area contributed by atoms with E-state index in [1.807, 2.05) is 38.1 Å². The Morgan fingerprint density at radius 2 is 1.94 bits per heavy atom. The number of para-hydroxylation sites is 1. The van der Waals surface area contributed by atoms with Gasteiger partial charge in [0.15, 0.2) is 0 Å². The lowest BCUT2D eigenvalue weighted by Crippen LogP contribution is -2.16. The van der Waals surface area contributed by atoms with Crippen molar-refractivity contribution in [1.29, 1.82) is 0 Å². The SMILES string of the molecule is CC(C)Oc1ccccc1C1C(C(N)=O)C1(C)C. The van der Waals surface area contributed by atoms with Crippen LogP contribution in [0.5, 0.6) is 5.75 Å². The van der Waals surface area contributed by atoms with Crippen LogP contribution < -0.4 is 10.5 Å². The third-order valence-corrected chi connectivity index (χ3v) is 3.75. The quantitative estimate of drug-likeness (QED) is 0.889. The topological polar surface area (TPSA) is 52.3 Å². The van der Waals surface area contributed by atoms with Gasteiger partial charge in [-0.05, 0) is 30.9 Å². The number of rotatable bonds is 4. The average molecular weight is 247 g/mol. The molecule has 1 aromatic rings. The Morgan fingerprint density at radius 3 is 2.44 bits per heavy atom. The summed E-state index contributed by atoms with van der Waals surface area (Å²) in [5.74, 6) is 0.734. The van der Waals surface area contributed by atoms with Crippen LogP contribution in [0.1, 0.15) is 39.2 Å². The van der Waals surface area contributed by atoms with E-state index >= 15 is 0 Å². The van der Waals surface area contributed by atoms with Crippen LogP contribution in [-0.2, 0) is 4.79 Å². The van der Waals surface area contributed by atoms with E-state index in [0.717, 1.165) is 11.3 Å². The van der Waals surface area contributed by atoms with Crippen molar-refractivity contribution >= 4 is 5.91 Å². The highest BCUT2D eigenvalue weighted by atomic mass is 16.5. The van der Waals surface area contributed by atoms with E-state index in [0.29, 0.717) is 0 Å². The maximum atomic E-state index is 11.5. The fraction of sp³-hybridized carbons (Fsp3) is 0.533. The number of amides is 1. The zero-order valence-electron chi connectivity index (χ0n) is 11.4. The summed E-state index contributed by atoms with van der Waals surface area (Å²) in [7, 11) is 0. The molecule has 1 aliphatic rings. The molecular formula is C15H21NO2. The molecule has 2 atom stereocenters. The highest BCUT2D eigenvalue weighted by Gasteiger charge is 2.62. The lowest BCUT2D eigenvalue weighted by atomic mass is 10.0. The molecule has 3 heteroatoms. The van der Waals surface area contributed by atoms with Crippen LogP contribution >= 0.6 is 0 Å². The van der Waals surface area contributed by atoms with Crippen LogP contribution in [0.4, 0.5) is 0 Å². The molecule has 1 aromatic carbocycles. The summed E-state index contributed by atoms with van der Waals surface area (Å²) in [5, 5.41) is 0. The Morgan fingerprint density at radius 1 is 1.33 bits per heavy atom. The Kier molecular flexibility index (Phi) is 3.09. The van der Waals surface area contributed by atoms with Crippen LogP contribution in [0, 0.1) is 11.3 Å². The van der Waals surface area contributed by atoms with Gasteiger partial charge in [-0.15, -0.1) is 0 Å². The summed E-state index contributed by atoms with van der Waals surface area (Å²) in [5.41, 5.74) is 6.50. The van der Waals surface area contributed by atoms with Crippen LogP contribution in [0.15, 0.2) is 24.3 Å². The molecule has 0 saturated heterocycles. The van der Waals surface area contributed by atoms with Crippen molar-refractivity contribution in [3.63, 3.8) is 0 Å². The highest BCUT2D eigenvalue weighted by molar-refractivity contribution is 5.83. The highest BCUT2D eigenvalue weighted by Crippen LogP contribution is 2.65. The summed E-state index contributed by atoms with van der Waals surface area (Å²) in [6.07, 6.45) is 0.125. The van der Waals surface area contributed by atoms with E-state index in [1.165, 1.54) is 0 Å². The van der Waals surface area contributed by atoms with Gasteiger partial charge in [0.05, 0.1) is 12.0 Å². The smallest absolute Gasteiger partial charge is 0.221 e. The van der Waals surface area contributed by atoms with Gasteiger partial charge in [-0.25, -0.2) is 0 Å². The Labute approximate surface area is 108 Å². The molecule has 1 amide bonds. The summed E-state index contributed by atoms with van der Waals surface area (Å²) in [6.45, 7) is 8.17. The van der Waals surface area contributed by atoms with Gasteiger partial charge in [-0.1, -0.05) is 32.0 Å². The first-order chi connectivity index (χ1) is 8.35. The fourth-order valence-corrected chi connectivity index (χ4v) is 2.85. The molecule has 0 bridgehead atoms. The maximum absolute atomic E-state index is 11.5. The molecule has 3 nitrogen and oxygen atoms in total. The van der Waals surface area contributed by atoms with Crippen LogP contribution in [0.3, 0.4) is 0 Å². The third kappa shape index (κ3) is 2.09. The normalized spacial score (nSPS) is 24.9. The number of nitrogens with two attached hydrogens (primary N) is 1. The van der Waals surface area contributed by atoms with E-state index < -0.39 is 0 Å². The Bertz CT molecular complexity index is 465. The van der Waals surface area contributed by atoms with E-state index in [9.17, 15) is 4.79 Å². The molecule has 0 aromatic heterocycles. The first-order valence-corrected chi connectivity index (χ1v) is 6.40. The predicted molar refractivity (Wildman–Crippen MR) is 71.4 cm³/mol. The molecule has 0 radical (unpaired) electrons. The molecule has 0 spiro atoms. The Balaban J connectivity index is 2.33. The summed E-state index contributed by atoms with van der Waals surface area (Å²) in [4.78, 5) is 11.5. The molecule has 1 aliphatic carbocycles. The standard InChI is InChI=1S/C15H21NO2/c1-9(2)18-11-8-6-5-7-10(11)12-13(14(16)17)15(12,3)4/h5-9,12-13H,1-4H3,(H2,16,17). The van der Waals surface area contributed by atoms with Gasteiger partial charge in [-0.3, -0.25) is 4.79 Å². The first kappa shape index (κ1) is 12.9. The Hall–Kier alpha value is -1.51. The van der Waals surface area contributed by atoms with E-state index in [4.69, 9.17) is 10.5 Å². The van der Waals surface area contributed by atoms with Gasteiger partial charge in [-0.2, -0.15) is 0 Å². The zero-order valence-corrected chi connectivity index (χ0v) is 11.4. The molecule has 1 saturated carbocycles. The second kappa shape index (κ2) is 4.30. The second-order valence-electron chi connectivity index (χ2n) is 5.88. The van der Waals surface area contributed by atoms with Gasteiger partial charge >= 0.3 is 0 Å².